The van der Waals surface area contributed by atoms with Gasteiger partial charge >= 0.3 is 0 Å². The first-order chi connectivity index (χ1) is 33.1. The van der Waals surface area contributed by atoms with Gasteiger partial charge in [-0.2, -0.15) is 21.9 Å². The van der Waals surface area contributed by atoms with Crippen LogP contribution in [0.4, 0.5) is 87.8 Å². The second kappa shape index (κ2) is 19.1. The van der Waals surface area contributed by atoms with E-state index in [0.717, 1.165) is 0 Å². The summed E-state index contributed by atoms with van der Waals surface area (Å²) in [6.07, 6.45) is -8.43. The van der Waals surface area contributed by atoms with Crippen LogP contribution in [0.5, 0.6) is 0 Å². The minimum absolute atomic E-state index is 1.22. The third kappa shape index (κ3) is 7.54. The Morgan fingerprint density at radius 2 is 0.286 bits per heavy atom. The van der Waals surface area contributed by atoms with Gasteiger partial charge in [-0.3, -0.25) is 0 Å². The summed E-state index contributed by atoms with van der Waals surface area (Å²) in [5, 5.41) is 0. The van der Waals surface area contributed by atoms with Gasteiger partial charge in [0.25, 0.3) is 0 Å². The van der Waals surface area contributed by atoms with Crippen molar-refractivity contribution in [2.75, 3.05) is 0 Å². The van der Waals surface area contributed by atoms with E-state index in [-0.39, 0.29) is 0 Å². The third-order valence-corrected chi connectivity index (χ3v) is 11.9. The molecule has 0 heterocycles. The summed E-state index contributed by atoms with van der Waals surface area (Å²) in [5.41, 5.74) is -8.97. The molecular weight excluding hydrogens is 978 g/mol. The molecule has 0 fully saturated rings. The molecule has 8 aromatic rings. The lowest BCUT2D eigenvalue weighted by Crippen LogP contribution is -2.81. The van der Waals surface area contributed by atoms with E-state index in [1.54, 1.807) is 0 Å². The van der Waals surface area contributed by atoms with Gasteiger partial charge in [-0.15, -0.1) is 21.9 Å². The highest BCUT2D eigenvalue weighted by molar-refractivity contribution is 7.20. The normalized spacial score (nSPS) is 11.7. The second-order valence-electron chi connectivity index (χ2n) is 15.3. The summed E-state index contributed by atoms with van der Waals surface area (Å²) < 4.78 is 294. The fourth-order valence-corrected chi connectivity index (χ4v) is 9.00. The number of hydrogen-bond donors (Lipinski definition) is 0. The van der Waals surface area contributed by atoms with Crippen LogP contribution >= 0.6 is 0 Å². The molecule has 0 bridgehead atoms. The van der Waals surface area contributed by atoms with Crippen molar-refractivity contribution < 1.29 is 87.8 Å². The molecule has 8 rings (SSSR count). The monoisotopic (exact) mass is 998 g/mol. The van der Waals surface area contributed by atoms with Gasteiger partial charge in [0.2, 0.25) is 0 Å². The zero-order valence-corrected chi connectivity index (χ0v) is 34.3. The summed E-state index contributed by atoms with van der Waals surface area (Å²) in [5.74, 6) is -71.4. The van der Waals surface area contributed by atoms with Crippen LogP contribution < -0.4 is 43.7 Å². The van der Waals surface area contributed by atoms with Crippen molar-refractivity contribution in [3.05, 3.63) is 238 Å². The highest BCUT2D eigenvalue weighted by atomic mass is 19.2. The Labute approximate surface area is 380 Å². The van der Waals surface area contributed by atoms with Crippen molar-refractivity contribution in [3.63, 3.8) is 0 Å². The van der Waals surface area contributed by atoms with Crippen LogP contribution in [0.15, 0.2) is 121 Å². The van der Waals surface area contributed by atoms with E-state index >= 15 is 35.1 Å². The molecule has 0 saturated heterocycles. The molecule has 8 aromatic carbocycles. The molecule has 0 radical (unpaired) electrons. The van der Waals surface area contributed by atoms with Crippen molar-refractivity contribution in [2.45, 2.75) is 0 Å². The molecule has 22 heteroatoms. The fourth-order valence-electron chi connectivity index (χ4n) is 9.00. The lowest BCUT2D eigenvalue weighted by Gasteiger charge is -2.44. The maximum Gasteiger partial charge on any atom is 0.200 e. The van der Waals surface area contributed by atoms with Crippen LogP contribution in [0.1, 0.15) is 0 Å². The van der Waals surface area contributed by atoms with Gasteiger partial charge in [-0.25, -0.2) is 87.8 Å². The largest absolute Gasteiger partial charge is 0.207 e. The Morgan fingerprint density at radius 1 is 0.157 bits per heavy atom. The van der Waals surface area contributed by atoms with Crippen molar-refractivity contribution in [1.29, 1.82) is 0 Å². The zero-order chi connectivity index (χ0) is 51.3. The van der Waals surface area contributed by atoms with Crippen LogP contribution in [0.25, 0.3) is 0 Å². The van der Waals surface area contributed by atoms with Gasteiger partial charge in [0, 0.05) is 0 Å². The predicted octanol–water partition coefficient (Wildman–Crippen LogP) is 8.91. The van der Waals surface area contributed by atoms with Crippen LogP contribution in [0.2, 0.25) is 0 Å². The number of hydrogen-bond acceptors (Lipinski definition) is 0. The summed E-state index contributed by atoms with van der Waals surface area (Å²) in [7, 11) is 0. The molecule has 0 amide bonds. The maximum atomic E-state index is 15.4. The van der Waals surface area contributed by atoms with E-state index in [1.165, 1.54) is 21.9 Å². The van der Waals surface area contributed by atoms with Gasteiger partial charge in [0.15, 0.2) is 69.8 Å². The zero-order valence-electron chi connectivity index (χ0n) is 34.3. The molecule has 0 N–H and O–H groups in total. The predicted molar refractivity (Wildman–Crippen MR) is 219 cm³/mol. The highest BCUT2D eigenvalue weighted by Crippen LogP contribution is 2.31. The number of rotatable bonds is 8. The Bertz CT molecular complexity index is 2760. The molecular formula is C48H20B2F20-2. The van der Waals surface area contributed by atoms with Crippen molar-refractivity contribution >= 4 is 56.0 Å². The topological polar surface area (TPSA) is 0 Å². The Hall–Kier alpha value is -7.51. The van der Waals surface area contributed by atoms with E-state index in [4.69, 9.17) is 0 Å². The molecule has 360 valence electrons. The van der Waals surface area contributed by atoms with E-state index < -0.39 is 150 Å². The SMILES string of the molecule is Fc1c(F)c(F)c([B-](c2c(F)c(F)c(F)c(F)c2F)(c2c(F)c(F)c(F)c(F)c2F)c2c(F)c(F)c(F)c(F)c2F)c(F)c1F.c1ccc([B-](c2ccccc2)(c2ccccc2)c2ccccc2)cc1. The first-order valence-electron chi connectivity index (χ1n) is 19.7. The Kier molecular flexibility index (Phi) is 13.8. The van der Waals surface area contributed by atoms with E-state index in [1.807, 2.05) is 0 Å². The molecule has 0 atom stereocenters. The molecule has 0 aliphatic carbocycles. The van der Waals surface area contributed by atoms with E-state index in [9.17, 15) is 52.7 Å². The average Bonchev–Trinajstić information content (AvgIpc) is 3.38. The van der Waals surface area contributed by atoms with Gasteiger partial charge in [0.05, 0.1) is 0 Å². The molecule has 0 spiro atoms. The first-order valence-corrected chi connectivity index (χ1v) is 19.7. The van der Waals surface area contributed by atoms with Crippen LogP contribution in [0, 0.1) is 116 Å². The molecule has 0 aliphatic heterocycles. The van der Waals surface area contributed by atoms with Gasteiger partial charge in [0.1, 0.15) is 58.8 Å². The Morgan fingerprint density at radius 3 is 0.429 bits per heavy atom. The van der Waals surface area contributed by atoms with Crippen LogP contribution in [0.3, 0.4) is 0 Å². The van der Waals surface area contributed by atoms with Crippen molar-refractivity contribution in [2.24, 2.45) is 0 Å². The second-order valence-corrected chi connectivity index (χ2v) is 15.3. The van der Waals surface area contributed by atoms with Gasteiger partial charge in [-0.05, 0) is 0 Å². The lowest BCUT2D eigenvalue weighted by atomic mass is 9.12. The lowest BCUT2D eigenvalue weighted by molar-refractivity contribution is 0.378. The standard InChI is InChI=1S/C24BF20.C24H20B/c26-5-1(6(27)14(35)21(42)13(5)34)25(2-7(28)15(36)22(43)16(37)8(2)29,3-9(30)17(38)23(44)18(39)10(3)31)4-11(32)19(40)24(45)20(41)12(4)33;1-5-13-21(14-6-1)25(22-15-7-2-8-16-22,23-17-9-3-10-18-23)24-19-11-4-12-20-24/h;1-20H/q2*-1. The van der Waals surface area contributed by atoms with E-state index in [0.29, 0.717) is 0 Å². The minimum atomic E-state index is -7.22. The molecule has 0 nitrogen and oxygen atoms in total. The van der Waals surface area contributed by atoms with Crippen LogP contribution in [-0.4, -0.2) is 12.3 Å². The van der Waals surface area contributed by atoms with E-state index in [2.05, 4.69) is 121 Å². The Balaban J connectivity index is 0.000000242. The van der Waals surface area contributed by atoms with Crippen molar-refractivity contribution in [3.8, 4) is 0 Å². The summed E-state index contributed by atoms with van der Waals surface area (Å²) in [6.45, 7) is 0. The summed E-state index contributed by atoms with van der Waals surface area (Å²) in [6, 6.07) is 43.5. The average molecular weight is 998 g/mol. The number of halogens is 20. The molecule has 0 saturated carbocycles. The number of benzene rings is 8. The van der Waals surface area contributed by atoms with Gasteiger partial charge in [-0.1, -0.05) is 121 Å². The van der Waals surface area contributed by atoms with Crippen molar-refractivity contribution in [1.82, 2.24) is 0 Å². The quantitative estimate of drug-likeness (QED) is 0.0618. The summed E-state index contributed by atoms with van der Waals surface area (Å²) in [4.78, 5) is 0. The van der Waals surface area contributed by atoms with Crippen LogP contribution in [-0.2, 0) is 0 Å². The fraction of sp³-hybridized carbons (Fsp3) is 0. The van der Waals surface area contributed by atoms with Gasteiger partial charge < -0.3 is 0 Å². The maximum absolute atomic E-state index is 15.4. The molecule has 70 heavy (non-hydrogen) atoms. The first kappa shape index (κ1) is 50.4. The smallest absolute Gasteiger partial charge is 0.200 e. The highest BCUT2D eigenvalue weighted by Gasteiger charge is 2.52. The third-order valence-electron chi connectivity index (χ3n) is 11.9. The molecule has 0 aliphatic rings. The minimum Gasteiger partial charge on any atom is -0.207 e. The summed E-state index contributed by atoms with van der Waals surface area (Å²) >= 11 is 0. The molecule has 0 aromatic heterocycles. The molecule has 0 unspecified atom stereocenters.